The first-order valence-corrected chi connectivity index (χ1v) is 7.38. The van der Waals surface area contributed by atoms with E-state index >= 15 is 0 Å². The van der Waals surface area contributed by atoms with Crippen molar-refractivity contribution < 1.29 is 0 Å². The van der Waals surface area contributed by atoms with E-state index in [4.69, 9.17) is 0 Å². The molecule has 0 unspecified atom stereocenters. The van der Waals surface area contributed by atoms with Gasteiger partial charge in [0.1, 0.15) is 0 Å². The fraction of sp³-hybridized carbons (Fsp3) is 1.00. The van der Waals surface area contributed by atoms with Crippen molar-refractivity contribution in [3.05, 3.63) is 0 Å². The Morgan fingerprint density at radius 2 is 1.53 bits per heavy atom. The maximum Gasteiger partial charge on any atom is 0.0119 e. The van der Waals surface area contributed by atoms with Crippen molar-refractivity contribution in [2.45, 2.75) is 51.0 Å². The molecule has 0 radical (unpaired) electrons. The molecule has 1 aliphatic carbocycles. The molecule has 3 fully saturated rings. The molecule has 0 aromatic heterocycles. The molecule has 2 heterocycles. The zero-order valence-corrected chi connectivity index (χ0v) is 11.7. The smallest absolute Gasteiger partial charge is 0.0119 e. The SMILES string of the molecule is C1CC([C@H]2CCCN(C3CCNCC3)C2)C1.Cl. The van der Waals surface area contributed by atoms with Gasteiger partial charge in [-0.25, -0.2) is 0 Å². The second kappa shape index (κ2) is 6.40. The Bertz CT molecular complexity index is 224. The predicted octanol–water partition coefficient (Wildman–Crippen LogP) is 2.67. The van der Waals surface area contributed by atoms with Gasteiger partial charge in [0.2, 0.25) is 0 Å². The Kier molecular flexibility index (Phi) is 5.13. The molecule has 3 aliphatic rings. The van der Waals surface area contributed by atoms with E-state index in [1.54, 1.807) is 0 Å². The monoisotopic (exact) mass is 258 g/mol. The molecule has 2 nitrogen and oxygen atoms in total. The summed E-state index contributed by atoms with van der Waals surface area (Å²) in [6.45, 7) is 5.30. The van der Waals surface area contributed by atoms with Gasteiger partial charge in [-0.05, 0) is 57.2 Å². The van der Waals surface area contributed by atoms with Crippen LogP contribution in [0.15, 0.2) is 0 Å². The van der Waals surface area contributed by atoms with Gasteiger partial charge < -0.3 is 10.2 Å². The fourth-order valence-electron chi connectivity index (χ4n) is 3.84. The molecule has 3 rings (SSSR count). The summed E-state index contributed by atoms with van der Waals surface area (Å²) in [4.78, 5) is 2.83. The molecule has 2 aliphatic heterocycles. The van der Waals surface area contributed by atoms with Crippen molar-refractivity contribution >= 4 is 12.4 Å². The van der Waals surface area contributed by atoms with Crippen LogP contribution in [0.1, 0.15) is 44.9 Å². The van der Waals surface area contributed by atoms with Gasteiger partial charge in [-0.3, -0.25) is 0 Å². The van der Waals surface area contributed by atoms with Crippen molar-refractivity contribution in [1.82, 2.24) is 10.2 Å². The van der Waals surface area contributed by atoms with E-state index in [-0.39, 0.29) is 12.4 Å². The minimum atomic E-state index is 0. The first-order chi connectivity index (χ1) is 7.93. The second-order valence-electron chi connectivity index (χ2n) is 6.07. The fourth-order valence-corrected chi connectivity index (χ4v) is 3.84. The first-order valence-electron chi connectivity index (χ1n) is 7.38. The molecule has 0 aromatic carbocycles. The van der Waals surface area contributed by atoms with Gasteiger partial charge in [-0.2, -0.15) is 0 Å². The van der Waals surface area contributed by atoms with Crippen molar-refractivity contribution in [3.63, 3.8) is 0 Å². The molecule has 0 bridgehead atoms. The van der Waals surface area contributed by atoms with Gasteiger partial charge in [0.15, 0.2) is 0 Å². The van der Waals surface area contributed by atoms with Crippen LogP contribution < -0.4 is 5.32 Å². The molecule has 3 heteroatoms. The molecule has 0 amide bonds. The highest BCUT2D eigenvalue weighted by molar-refractivity contribution is 5.85. The van der Waals surface area contributed by atoms with E-state index in [1.807, 2.05) is 0 Å². The van der Waals surface area contributed by atoms with Crippen LogP contribution in [0.25, 0.3) is 0 Å². The molecule has 17 heavy (non-hydrogen) atoms. The van der Waals surface area contributed by atoms with Crippen LogP contribution in [0.4, 0.5) is 0 Å². The van der Waals surface area contributed by atoms with Gasteiger partial charge in [0.05, 0.1) is 0 Å². The standard InChI is InChI=1S/C14H26N2.ClH/c1-3-12(4-1)13-5-2-10-16(11-13)14-6-8-15-9-7-14;/h12-15H,1-11H2;1H/t13-;/m0./s1. The lowest BCUT2D eigenvalue weighted by Crippen LogP contribution is -2.49. The highest BCUT2D eigenvalue weighted by atomic mass is 35.5. The molecule has 2 saturated heterocycles. The van der Waals surface area contributed by atoms with E-state index in [0.717, 1.165) is 17.9 Å². The lowest BCUT2D eigenvalue weighted by Gasteiger charge is -2.44. The zero-order chi connectivity index (χ0) is 10.8. The number of piperidine rings is 2. The van der Waals surface area contributed by atoms with Crippen LogP contribution >= 0.6 is 12.4 Å². The molecule has 1 saturated carbocycles. The summed E-state index contributed by atoms with van der Waals surface area (Å²) in [6.07, 6.45) is 10.3. The molecular weight excluding hydrogens is 232 g/mol. The normalized spacial score (nSPS) is 32.8. The quantitative estimate of drug-likeness (QED) is 0.819. The number of hydrogen-bond acceptors (Lipinski definition) is 2. The van der Waals surface area contributed by atoms with Crippen molar-refractivity contribution in [1.29, 1.82) is 0 Å². The number of rotatable bonds is 2. The van der Waals surface area contributed by atoms with Crippen LogP contribution in [0.5, 0.6) is 0 Å². The van der Waals surface area contributed by atoms with Crippen molar-refractivity contribution in [3.8, 4) is 0 Å². The lowest BCUT2D eigenvalue weighted by molar-refractivity contribution is 0.0569. The summed E-state index contributed by atoms with van der Waals surface area (Å²) in [5.74, 6) is 2.15. The van der Waals surface area contributed by atoms with Crippen LogP contribution in [0, 0.1) is 11.8 Å². The summed E-state index contributed by atoms with van der Waals surface area (Å²) >= 11 is 0. The van der Waals surface area contributed by atoms with E-state index in [2.05, 4.69) is 10.2 Å². The minimum Gasteiger partial charge on any atom is -0.317 e. The number of nitrogens with one attached hydrogen (secondary N) is 1. The largest absolute Gasteiger partial charge is 0.317 e. The van der Waals surface area contributed by atoms with Gasteiger partial charge in [0, 0.05) is 12.6 Å². The molecule has 0 aromatic rings. The average Bonchev–Trinajstić information content (AvgIpc) is 2.28. The van der Waals surface area contributed by atoms with Gasteiger partial charge in [0.25, 0.3) is 0 Å². The third-order valence-corrected chi connectivity index (χ3v) is 5.13. The second-order valence-corrected chi connectivity index (χ2v) is 6.07. The van der Waals surface area contributed by atoms with Crippen LogP contribution in [-0.2, 0) is 0 Å². The predicted molar refractivity (Wildman–Crippen MR) is 74.8 cm³/mol. The Balaban J connectivity index is 0.00000108. The average molecular weight is 259 g/mol. The summed E-state index contributed by atoms with van der Waals surface area (Å²) < 4.78 is 0. The molecule has 0 spiro atoms. The number of hydrogen-bond donors (Lipinski definition) is 1. The maximum absolute atomic E-state index is 3.48. The van der Waals surface area contributed by atoms with Gasteiger partial charge in [-0.1, -0.05) is 19.3 Å². The Morgan fingerprint density at radius 1 is 0.824 bits per heavy atom. The Hall–Kier alpha value is 0.210. The minimum absolute atomic E-state index is 0. The van der Waals surface area contributed by atoms with Crippen molar-refractivity contribution in [2.75, 3.05) is 26.2 Å². The lowest BCUT2D eigenvalue weighted by atomic mass is 9.72. The van der Waals surface area contributed by atoms with Crippen LogP contribution in [-0.4, -0.2) is 37.1 Å². The first kappa shape index (κ1) is 13.6. The van der Waals surface area contributed by atoms with E-state index in [0.29, 0.717) is 0 Å². The van der Waals surface area contributed by atoms with E-state index < -0.39 is 0 Å². The van der Waals surface area contributed by atoms with Crippen LogP contribution in [0.3, 0.4) is 0 Å². The highest BCUT2D eigenvalue weighted by Gasteiger charge is 2.33. The summed E-state index contributed by atoms with van der Waals surface area (Å²) in [7, 11) is 0. The highest BCUT2D eigenvalue weighted by Crippen LogP contribution is 2.38. The van der Waals surface area contributed by atoms with Crippen molar-refractivity contribution in [2.24, 2.45) is 11.8 Å². The molecule has 1 atom stereocenters. The number of halogens is 1. The summed E-state index contributed by atoms with van der Waals surface area (Å²) in [6, 6.07) is 0.907. The molecular formula is C14H27ClN2. The molecule has 100 valence electrons. The van der Waals surface area contributed by atoms with E-state index in [1.165, 1.54) is 71.1 Å². The number of likely N-dealkylation sites (tertiary alicyclic amines) is 1. The third kappa shape index (κ3) is 3.15. The summed E-state index contributed by atoms with van der Waals surface area (Å²) in [5, 5.41) is 3.48. The van der Waals surface area contributed by atoms with Crippen LogP contribution in [0.2, 0.25) is 0 Å². The topological polar surface area (TPSA) is 15.3 Å². The zero-order valence-electron chi connectivity index (χ0n) is 10.9. The number of nitrogens with zero attached hydrogens (tertiary/aromatic N) is 1. The molecule has 1 N–H and O–H groups in total. The van der Waals surface area contributed by atoms with Gasteiger partial charge in [-0.15, -0.1) is 12.4 Å². The Labute approximate surface area is 112 Å². The Morgan fingerprint density at radius 3 is 2.18 bits per heavy atom. The van der Waals surface area contributed by atoms with E-state index in [9.17, 15) is 0 Å². The third-order valence-electron chi connectivity index (χ3n) is 5.13. The summed E-state index contributed by atoms with van der Waals surface area (Å²) in [5.41, 5.74) is 0. The van der Waals surface area contributed by atoms with Gasteiger partial charge >= 0.3 is 0 Å². The maximum atomic E-state index is 3.48.